The molecule has 5 aliphatic rings. The normalized spacial score (nSPS) is 17.1. The molecule has 0 N–H and O–H groups in total. The molecule has 0 aliphatic carbocycles. The summed E-state index contributed by atoms with van der Waals surface area (Å²) in [6, 6.07) is 20.4. The zero-order valence-corrected chi connectivity index (χ0v) is 65.5. The summed E-state index contributed by atoms with van der Waals surface area (Å²) in [5.41, 5.74) is 16.0. The Morgan fingerprint density at radius 2 is 0.704 bits per heavy atom. The highest BCUT2D eigenvalue weighted by atomic mass is 35.5. The van der Waals surface area contributed by atoms with Gasteiger partial charge in [0.2, 0.25) is 0 Å². The van der Waals surface area contributed by atoms with E-state index in [0.29, 0.717) is 60.4 Å². The molecule has 10 rings (SSSR count). The Morgan fingerprint density at radius 3 is 1.10 bits per heavy atom. The minimum absolute atomic E-state index is 0.0399. The standard InChI is InChI=1S/C16H21ClF3NO.4C16H24ClNO/c1-11(2)13-10-14(16(18,19)20)12(9-15(13)17)3-4-21-5-7-22-8-6-21;1-12(2)15-10-13(3)14(11-16(15)17)4-5-18-6-8-19-9-7-18;1-12(2)16-13(3)10-14(11-15(16)17)4-5-18-6-8-19-9-7-18;1-12(2)15-5-4-14(16(17)13(15)3)6-7-18-8-10-19-11-9-18;1-12(2)15-5-4-14(13(3)16(15)17)6-7-18-8-10-19-11-9-18/h9-11H,3-8H2,1-2H3;2*10-12H,4-9H2,1-3H3;2*4-5,12H,6-11H2,1-3H3. The quantitative estimate of drug-likeness (QED) is 0.0753. The van der Waals surface area contributed by atoms with Crippen LogP contribution in [0, 0.1) is 27.7 Å². The van der Waals surface area contributed by atoms with Crippen LogP contribution in [0.2, 0.25) is 25.1 Å². The number of benzene rings is 5. The fourth-order valence-corrected chi connectivity index (χ4v) is 15.3. The minimum Gasteiger partial charge on any atom is -0.379 e. The summed E-state index contributed by atoms with van der Waals surface area (Å²) in [6.07, 6.45) is 0.229. The summed E-state index contributed by atoms with van der Waals surface area (Å²) in [5.74, 6) is 1.95. The molecule has 0 bridgehead atoms. The molecule has 5 saturated heterocycles. The van der Waals surface area contributed by atoms with Gasteiger partial charge in [0, 0.05) is 123 Å². The molecule has 5 aliphatic heterocycles. The van der Waals surface area contributed by atoms with E-state index in [1.165, 1.54) is 78.9 Å². The Hall–Kier alpha value is -3.06. The SMILES string of the molecule is CC(C)c1cc(C(F)(F)F)c(CCN2CCOCC2)cc1Cl.Cc1c(C(C)C)ccc(CCN2CCOCC2)c1Cl.Cc1c(CCN2CCOCC2)ccc(C(C)C)c1Cl.Cc1cc(C(C)C)c(Cl)cc1CCN1CCOCC1.Cc1cc(CCN2CCOCC2)cc(Cl)c1C(C)C. The van der Waals surface area contributed by atoms with Gasteiger partial charge >= 0.3 is 6.18 Å². The maximum atomic E-state index is 13.3. The highest BCUT2D eigenvalue weighted by Gasteiger charge is 2.35. The maximum Gasteiger partial charge on any atom is 0.416 e. The summed E-state index contributed by atoms with van der Waals surface area (Å²) in [7, 11) is 0. The largest absolute Gasteiger partial charge is 0.416 e. The van der Waals surface area contributed by atoms with Gasteiger partial charge in [-0.15, -0.1) is 0 Å². The summed E-state index contributed by atoms with van der Waals surface area (Å²) < 4.78 is 66.7. The minimum atomic E-state index is -4.35. The highest BCUT2D eigenvalue weighted by molar-refractivity contribution is 6.33. The molecule has 0 amide bonds. The fourth-order valence-electron chi connectivity index (χ4n) is 13.3. The van der Waals surface area contributed by atoms with Crippen LogP contribution in [0.5, 0.6) is 0 Å². The monoisotopic (exact) mass is 1460 g/mol. The molecule has 98 heavy (non-hydrogen) atoms. The molecular weight excluding hydrogens is 1350 g/mol. The molecule has 0 unspecified atom stereocenters. The van der Waals surface area contributed by atoms with Gasteiger partial charge in [-0.2, -0.15) is 13.2 Å². The van der Waals surface area contributed by atoms with Crippen molar-refractivity contribution < 1.29 is 36.9 Å². The lowest BCUT2D eigenvalue weighted by Gasteiger charge is -2.27. The van der Waals surface area contributed by atoms with Gasteiger partial charge in [-0.05, 0) is 192 Å². The Balaban J connectivity index is 0.000000194. The number of aryl methyl sites for hydroxylation is 2. The van der Waals surface area contributed by atoms with Gasteiger partial charge in [-0.25, -0.2) is 0 Å². The zero-order chi connectivity index (χ0) is 71.6. The van der Waals surface area contributed by atoms with Gasteiger partial charge in [0.05, 0.1) is 71.6 Å². The van der Waals surface area contributed by atoms with Crippen LogP contribution < -0.4 is 0 Å². The first-order valence-corrected chi connectivity index (χ1v) is 38.1. The number of halogens is 8. The first-order valence-electron chi connectivity index (χ1n) is 36.2. The number of rotatable bonds is 20. The molecular formula is C80H117Cl5F3N5O5. The molecule has 0 radical (unpaired) electrons. The second-order valence-corrected chi connectivity index (χ2v) is 30.4. The van der Waals surface area contributed by atoms with Crippen LogP contribution in [0.4, 0.5) is 13.2 Å². The molecule has 5 fully saturated rings. The number of alkyl halides is 3. The third kappa shape index (κ3) is 27.2. The molecule has 5 heterocycles. The van der Waals surface area contributed by atoms with Crippen molar-refractivity contribution in [2.24, 2.45) is 0 Å². The van der Waals surface area contributed by atoms with Gasteiger partial charge < -0.3 is 23.7 Å². The van der Waals surface area contributed by atoms with Crippen LogP contribution in [0.3, 0.4) is 0 Å². The molecule has 5 aromatic carbocycles. The van der Waals surface area contributed by atoms with Crippen LogP contribution in [-0.2, 0) is 62.0 Å². The van der Waals surface area contributed by atoms with Crippen molar-refractivity contribution in [3.05, 3.63) is 169 Å². The lowest BCUT2D eigenvalue weighted by molar-refractivity contribution is -0.138. The van der Waals surface area contributed by atoms with Gasteiger partial charge in [-0.1, -0.05) is 164 Å². The average Bonchev–Trinajstić information content (AvgIpc) is 0.798. The molecule has 548 valence electrons. The van der Waals surface area contributed by atoms with E-state index in [1.54, 1.807) is 0 Å². The lowest BCUT2D eigenvalue weighted by Crippen LogP contribution is -2.37. The molecule has 18 heteroatoms. The van der Waals surface area contributed by atoms with Crippen molar-refractivity contribution in [3.8, 4) is 0 Å². The molecule has 0 spiro atoms. The van der Waals surface area contributed by atoms with Crippen molar-refractivity contribution in [2.75, 3.05) is 164 Å². The first-order chi connectivity index (χ1) is 46.6. The van der Waals surface area contributed by atoms with Gasteiger partial charge in [0.15, 0.2) is 0 Å². The van der Waals surface area contributed by atoms with Gasteiger partial charge in [0.1, 0.15) is 0 Å². The van der Waals surface area contributed by atoms with Crippen molar-refractivity contribution in [2.45, 2.75) is 165 Å². The molecule has 0 atom stereocenters. The van der Waals surface area contributed by atoms with Crippen molar-refractivity contribution in [3.63, 3.8) is 0 Å². The lowest BCUT2D eigenvalue weighted by atomic mass is 9.95. The van der Waals surface area contributed by atoms with Crippen LogP contribution in [0.15, 0.2) is 60.7 Å². The predicted octanol–water partition coefficient (Wildman–Crippen LogP) is 18.9. The number of morpholine rings is 5. The predicted molar refractivity (Wildman–Crippen MR) is 406 cm³/mol. The zero-order valence-electron chi connectivity index (χ0n) is 61.7. The van der Waals surface area contributed by atoms with Gasteiger partial charge in [-0.3, -0.25) is 24.5 Å². The van der Waals surface area contributed by atoms with E-state index < -0.39 is 11.7 Å². The summed E-state index contributed by atoms with van der Waals surface area (Å²) >= 11 is 32.0. The van der Waals surface area contributed by atoms with Crippen LogP contribution >= 0.6 is 58.0 Å². The smallest absolute Gasteiger partial charge is 0.379 e. The molecule has 0 aromatic heterocycles. The van der Waals surface area contributed by atoms with E-state index in [1.807, 2.05) is 13.8 Å². The number of ether oxygens (including phenoxy) is 5. The summed E-state index contributed by atoms with van der Waals surface area (Å²) in [5, 5.41) is 4.17. The number of hydrogen-bond acceptors (Lipinski definition) is 10. The molecule has 10 nitrogen and oxygen atoms in total. The Bertz CT molecular complexity index is 3050. The van der Waals surface area contributed by atoms with Crippen LogP contribution in [0.25, 0.3) is 0 Å². The third-order valence-corrected chi connectivity index (χ3v) is 21.5. The average molecular weight is 1460 g/mol. The van der Waals surface area contributed by atoms with E-state index >= 15 is 0 Å². The Labute approximate surface area is 613 Å². The van der Waals surface area contributed by atoms with Crippen LogP contribution in [-0.4, -0.2) is 189 Å². The van der Waals surface area contributed by atoms with E-state index in [4.69, 9.17) is 81.7 Å². The second kappa shape index (κ2) is 42.6. The topological polar surface area (TPSA) is 62.3 Å². The van der Waals surface area contributed by atoms with E-state index in [9.17, 15) is 13.2 Å². The molecule has 0 saturated carbocycles. The number of nitrogens with zero attached hydrogens (tertiary/aromatic N) is 5. The Morgan fingerprint density at radius 1 is 0.347 bits per heavy atom. The van der Waals surface area contributed by atoms with E-state index in [2.05, 4.69) is 156 Å². The summed E-state index contributed by atoms with van der Waals surface area (Å²) in [4.78, 5) is 12.0. The number of hydrogen-bond donors (Lipinski definition) is 0. The maximum absolute atomic E-state index is 13.3. The first kappa shape index (κ1) is 83.9. The van der Waals surface area contributed by atoms with Gasteiger partial charge in [0.25, 0.3) is 0 Å². The van der Waals surface area contributed by atoms with Crippen molar-refractivity contribution >= 4 is 58.0 Å². The van der Waals surface area contributed by atoms with Crippen molar-refractivity contribution in [1.82, 2.24) is 24.5 Å². The molecule has 5 aromatic rings. The summed E-state index contributed by atoms with van der Waals surface area (Å²) in [6.45, 7) is 53.0. The third-order valence-electron chi connectivity index (χ3n) is 19.5. The van der Waals surface area contributed by atoms with Crippen LogP contribution in [0.1, 0.15) is 182 Å². The fraction of sp³-hybridized carbons (Fsp3) is 0.625. The second-order valence-electron chi connectivity index (χ2n) is 28.4. The van der Waals surface area contributed by atoms with E-state index in [0.717, 1.165) is 190 Å². The van der Waals surface area contributed by atoms with E-state index in [-0.39, 0.29) is 11.5 Å². The highest BCUT2D eigenvalue weighted by Crippen LogP contribution is 2.38. The Kier molecular flexibility index (Phi) is 36.5. The van der Waals surface area contributed by atoms with Crippen molar-refractivity contribution in [1.29, 1.82) is 0 Å².